The van der Waals surface area contributed by atoms with Gasteiger partial charge in [0.2, 0.25) is 5.13 Å². The summed E-state index contributed by atoms with van der Waals surface area (Å²) in [7, 11) is 0. The van der Waals surface area contributed by atoms with E-state index in [4.69, 9.17) is 10.5 Å². The summed E-state index contributed by atoms with van der Waals surface area (Å²) in [6.07, 6.45) is 4.04. The molecule has 0 aromatic carbocycles. The fourth-order valence-corrected chi connectivity index (χ4v) is 3.11. The van der Waals surface area contributed by atoms with Gasteiger partial charge in [0, 0.05) is 12.4 Å². The Morgan fingerprint density at radius 3 is 3.07 bits per heavy atom. The highest BCUT2D eigenvalue weighted by Crippen LogP contribution is 2.26. The molecule has 2 heterocycles. The van der Waals surface area contributed by atoms with Crippen LogP contribution in [0.3, 0.4) is 0 Å². The lowest BCUT2D eigenvalue weighted by Gasteiger charge is -2.21. The monoisotopic (exact) mass is 231 g/mol. The van der Waals surface area contributed by atoms with Crippen molar-refractivity contribution in [2.75, 3.05) is 18.1 Å². The normalized spacial score (nSPS) is 22.4. The molecule has 0 aliphatic carbocycles. The molecular formula is C8H13N3OS2. The molecule has 1 atom stereocenters. The predicted molar refractivity (Wildman–Crippen MR) is 58.6 cm³/mol. The SMILES string of the molecule is Nc1nnc(SCC2CCCCO2)s1. The summed E-state index contributed by atoms with van der Waals surface area (Å²) in [5.74, 6) is 0.967. The van der Waals surface area contributed by atoms with E-state index in [0.29, 0.717) is 11.2 Å². The van der Waals surface area contributed by atoms with E-state index < -0.39 is 0 Å². The maximum Gasteiger partial charge on any atom is 0.203 e. The zero-order chi connectivity index (χ0) is 9.80. The molecule has 0 radical (unpaired) electrons. The molecule has 1 aromatic rings. The van der Waals surface area contributed by atoms with Gasteiger partial charge in [-0.15, -0.1) is 10.2 Å². The fraction of sp³-hybridized carbons (Fsp3) is 0.750. The summed E-state index contributed by atoms with van der Waals surface area (Å²) in [4.78, 5) is 0. The average Bonchev–Trinajstić information content (AvgIpc) is 2.63. The Morgan fingerprint density at radius 1 is 1.50 bits per heavy atom. The van der Waals surface area contributed by atoms with Gasteiger partial charge in [-0.2, -0.15) is 0 Å². The summed E-state index contributed by atoms with van der Waals surface area (Å²) in [6.45, 7) is 0.906. The summed E-state index contributed by atoms with van der Waals surface area (Å²) in [6, 6.07) is 0. The van der Waals surface area contributed by atoms with Crippen molar-refractivity contribution >= 4 is 28.2 Å². The van der Waals surface area contributed by atoms with Crippen LogP contribution in [0.15, 0.2) is 4.34 Å². The molecule has 4 nitrogen and oxygen atoms in total. The molecular weight excluding hydrogens is 218 g/mol. The van der Waals surface area contributed by atoms with Crippen LogP contribution in [0, 0.1) is 0 Å². The van der Waals surface area contributed by atoms with Gasteiger partial charge in [-0.05, 0) is 19.3 Å². The van der Waals surface area contributed by atoms with Crippen LogP contribution in [-0.2, 0) is 4.74 Å². The molecule has 78 valence electrons. The Bertz CT molecular complexity index is 286. The molecule has 2 rings (SSSR count). The molecule has 1 saturated heterocycles. The third-order valence-corrected chi connectivity index (χ3v) is 4.11. The molecule has 1 unspecified atom stereocenters. The van der Waals surface area contributed by atoms with Gasteiger partial charge >= 0.3 is 0 Å². The first kappa shape index (κ1) is 10.2. The van der Waals surface area contributed by atoms with Crippen LogP contribution in [0.4, 0.5) is 5.13 Å². The number of hydrogen-bond donors (Lipinski definition) is 1. The lowest BCUT2D eigenvalue weighted by Crippen LogP contribution is -2.21. The second kappa shape index (κ2) is 4.95. The first-order valence-corrected chi connectivity index (χ1v) is 6.48. The smallest absolute Gasteiger partial charge is 0.203 e. The van der Waals surface area contributed by atoms with Gasteiger partial charge in [0.25, 0.3) is 0 Å². The Balaban J connectivity index is 1.76. The molecule has 0 spiro atoms. The van der Waals surface area contributed by atoms with Gasteiger partial charge in [-0.25, -0.2) is 0 Å². The number of rotatable bonds is 3. The summed E-state index contributed by atoms with van der Waals surface area (Å²) >= 11 is 3.13. The van der Waals surface area contributed by atoms with E-state index in [0.717, 1.165) is 16.7 Å². The van der Waals surface area contributed by atoms with Crippen LogP contribution in [0.2, 0.25) is 0 Å². The van der Waals surface area contributed by atoms with Crippen LogP contribution < -0.4 is 5.73 Å². The minimum Gasteiger partial charge on any atom is -0.377 e. The molecule has 1 aliphatic heterocycles. The van der Waals surface area contributed by atoms with Crippen molar-refractivity contribution in [2.45, 2.75) is 29.7 Å². The van der Waals surface area contributed by atoms with Crippen molar-refractivity contribution < 1.29 is 4.74 Å². The number of thioether (sulfide) groups is 1. The van der Waals surface area contributed by atoms with E-state index in [9.17, 15) is 0 Å². The van der Waals surface area contributed by atoms with Gasteiger partial charge in [0.05, 0.1) is 6.10 Å². The van der Waals surface area contributed by atoms with Gasteiger partial charge in [-0.1, -0.05) is 23.1 Å². The number of nitrogens with two attached hydrogens (primary N) is 1. The highest BCUT2D eigenvalue weighted by molar-refractivity contribution is 8.01. The van der Waals surface area contributed by atoms with E-state index in [1.165, 1.54) is 30.6 Å². The molecule has 1 aromatic heterocycles. The lowest BCUT2D eigenvalue weighted by atomic mass is 10.1. The third-order valence-electron chi connectivity index (χ3n) is 2.09. The van der Waals surface area contributed by atoms with Crippen molar-refractivity contribution in [2.24, 2.45) is 0 Å². The van der Waals surface area contributed by atoms with E-state index in [1.807, 2.05) is 0 Å². The van der Waals surface area contributed by atoms with Crippen molar-refractivity contribution in [1.29, 1.82) is 0 Å². The molecule has 0 saturated carbocycles. The molecule has 1 fully saturated rings. The molecule has 6 heteroatoms. The molecule has 0 amide bonds. The Morgan fingerprint density at radius 2 is 2.43 bits per heavy atom. The second-order valence-corrected chi connectivity index (χ2v) is 5.48. The number of nitrogens with zero attached hydrogens (tertiary/aromatic N) is 2. The van der Waals surface area contributed by atoms with E-state index in [1.54, 1.807) is 11.8 Å². The van der Waals surface area contributed by atoms with Crippen LogP contribution in [0.1, 0.15) is 19.3 Å². The lowest BCUT2D eigenvalue weighted by molar-refractivity contribution is 0.0315. The molecule has 14 heavy (non-hydrogen) atoms. The van der Waals surface area contributed by atoms with Crippen molar-refractivity contribution in [3.05, 3.63) is 0 Å². The maximum atomic E-state index is 5.61. The standard InChI is InChI=1S/C8H13N3OS2/c9-7-10-11-8(14-7)13-5-6-3-1-2-4-12-6/h6H,1-5H2,(H2,9,10). The minimum absolute atomic E-state index is 0.388. The largest absolute Gasteiger partial charge is 0.377 e. The van der Waals surface area contributed by atoms with E-state index >= 15 is 0 Å². The zero-order valence-electron chi connectivity index (χ0n) is 7.81. The third kappa shape index (κ3) is 2.83. The minimum atomic E-state index is 0.388. The first-order valence-electron chi connectivity index (χ1n) is 4.68. The predicted octanol–water partition coefficient (Wildman–Crippen LogP) is 1.78. The Kier molecular flexibility index (Phi) is 3.61. The van der Waals surface area contributed by atoms with Crippen molar-refractivity contribution in [1.82, 2.24) is 10.2 Å². The van der Waals surface area contributed by atoms with Gasteiger partial charge in [0.15, 0.2) is 4.34 Å². The van der Waals surface area contributed by atoms with Gasteiger partial charge in [0.1, 0.15) is 0 Å². The highest BCUT2D eigenvalue weighted by Gasteiger charge is 2.14. The Hall–Kier alpha value is -0.330. The number of hydrogen-bond acceptors (Lipinski definition) is 6. The Labute approximate surface area is 91.2 Å². The molecule has 1 aliphatic rings. The van der Waals surface area contributed by atoms with Gasteiger partial charge in [-0.3, -0.25) is 0 Å². The van der Waals surface area contributed by atoms with Gasteiger partial charge < -0.3 is 10.5 Å². The van der Waals surface area contributed by atoms with Crippen molar-refractivity contribution in [3.63, 3.8) is 0 Å². The van der Waals surface area contributed by atoms with Crippen molar-refractivity contribution in [3.8, 4) is 0 Å². The number of nitrogen functional groups attached to an aromatic ring is 1. The quantitative estimate of drug-likeness (QED) is 0.803. The molecule has 0 bridgehead atoms. The topological polar surface area (TPSA) is 61.0 Å². The maximum absolute atomic E-state index is 5.61. The number of aromatic nitrogens is 2. The summed E-state index contributed by atoms with van der Waals surface area (Å²) in [5, 5.41) is 8.26. The highest BCUT2D eigenvalue weighted by atomic mass is 32.2. The van der Waals surface area contributed by atoms with Crippen LogP contribution in [-0.4, -0.2) is 28.7 Å². The number of ether oxygens (including phenoxy) is 1. The average molecular weight is 231 g/mol. The van der Waals surface area contributed by atoms with Crippen LogP contribution in [0.25, 0.3) is 0 Å². The fourth-order valence-electron chi connectivity index (χ4n) is 1.38. The number of anilines is 1. The molecule has 2 N–H and O–H groups in total. The summed E-state index contributed by atoms with van der Waals surface area (Å²) < 4.78 is 6.55. The summed E-state index contributed by atoms with van der Waals surface area (Å²) in [5.41, 5.74) is 5.49. The van der Waals surface area contributed by atoms with E-state index in [2.05, 4.69) is 10.2 Å². The second-order valence-electron chi connectivity index (χ2n) is 3.21. The van der Waals surface area contributed by atoms with Crippen LogP contribution >= 0.6 is 23.1 Å². The van der Waals surface area contributed by atoms with E-state index in [-0.39, 0.29) is 0 Å². The van der Waals surface area contributed by atoms with Crippen LogP contribution in [0.5, 0.6) is 0 Å². The zero-order valence-corrected chi connectivity index (χ0v) is 9.44. The first-order chi connectivity index (χ1) is 6.84.